The number of ether oxygens (including phenoxy) is 1. The number of hydrogen-bond donors (Lipinski definition) is 3. The molecule has 0 bridgehead atoms. The first-order valence-electron chi connectivity index (χ1n) is 8.52. The van der Waals surface area contributed by atoms with Gasteiger partial charge < -0.3 is 20.8 Å². The molecule has 0 unspecified atom stereocenters. The van der Waals surface area contributed by atoms with Crippen molar-refractivity contribution in [3.63, 3.8) is 0 Å². The van der Waals surface area contributed by atoms with Gasteiger partial charge in [-0.3, -0.25) is 0 Å². The lowest BCUT2D eigenvalue weighted by Crippen LogP contribution is -1.97. The van der Waals surface area contributed by atoms with Gasteiger partial charge in [-0.2, -0.15) is 4.98 Å². The molecule has 0 aliphatic rings. The van der Waals surface area contributed by atoms with Gasteiger partial charge in [0, 0.05) is 11.6 Å². The zero-order valence-corrected chi connectivity index (χ0v) is 16.8. The molecule has 10 heteroatoms. The molecule has 8 nitrogen and oxygen atoms in total. The van der Waals surface area contributed by atoms with E-state index in [0.717, 1.165) is 11.3 Å². The molecule has 0 atom stereocenters. The summed E-state index contributed by atoms with van der Waals surface area (Å²) in [7, 11) is 0. The van der Waals surface area contributed by atoms with Crippen LogP contribution in [0.3, 0.4) is 0 Å². The number of aromatic amines is 1. The molecule has 0 saturated heterocycles. The Morgan fingerprint density at radius 2 is 1.86 bits per heavy atom. The summed E-state index contributed by atoms with van der Waals surface area (Å²) in [6, 6.07) is 16.4. The summed E-state index contributed by atoms with van der Waals surface area (Å²) in [5, 5.41) is 12.5. The van der Waals surface area contributed by atoms with Crippen LogP contribution in [-0.4, -0.2) is 31.4 Å². The third kappa shape index (κ3) is 4.58. The lowest BCUT2D eigenvalue weighted by atomic mass is 10.2. The van der Waals surface area contributed by atoms with Gasteiger partial charge in [0.05, 0.1) is 10.7 Å². The van der Waals surface area contributed by atoms with Crippen molar-refractivity contribution in [1.82, 2.24) is 25.1 Å². The fraction of sp³-hybridized carbons (Fsp3) is 0.0526. The van der Waals surface area contributed by atoms with Crippen LogP contribution >= 0.6 is 23.4 Å². The predicted octanol–water partition coefficient (Wildman–Crippen LogP) is 4.76. The topological polar surface area (TPSA) is 115 Å². The minimum absolute atomic E-state index is 0.358. The molecule has 4 aromatic rings. The molecule has 4 N–H and O–H groups in total. The Kier molecular flexibility index (Phi) is 5.50. The molecule has 0 radical (unpaired) electrons. The molecule has 29 heavy (non-hydrogen) atoms. The minimum atomic E-state index is 0.358. The quantitative estimate of drug-likeness (QED) is 0.299. The summed E-state index contributed by atoms with van der Waals surface area (Å²) in [5.41, 5.74) is 7.37. The van der Waals surface area contributed by atoms with E-state index in [4.69, 9.17) is 22.1 Å². The molecule has 0 fully saturated rings. The second-order valence-corrected chi connectivity index (χ2v) is 7.05. The van der Waals surface area contributed by atoms with Gasteiger partial charge in [-0.25, -0.2) is 4.98 Å². The van der Waals surface area contributed by atoms with E-state index >= 15 is 0 Å². The van der Waals surface area contributed by atoms with Crippen molar-refractivity contribution in [3.8, 4) is 23.0 Å². The number of H-pyrrole nitrogens is 1. The van der Waals surface area contributed by atoms with E-state index in [9.17, 15) is 0 Å². The van der Waals surface area contributed by atoms with Gasteiger partial charge in [0.25, 0.3) is 0 Å². The number of anilines is 3. The van der Waals surface area contributed by atoms with Crippen LogP contribution in [0.2, 0.25) is 5.02 Å². The maximum atomic E-state index is 6.15. The molecule has 0 spiro atoms. The van der Waals surface area contributed by atoms with Crippen LogP contribution in [0, 0.1) is 0 Å². The highest BCUT2D eigenvalue weighted by atomic mass is 35.5. The SMILES string of the molecule is CSc1nc(N)cc(Oc2ccc(-c3nnc(Nc4ccccc4Cl)[nH]3)cc2)n1. The molecule has 2 aromatic heterocycles. The number of hydrogen-bond acceptors (Lipinski definition) is 8. The van der Waals surface area contributed by atoms with E-state index < -0.39 is 0 Å². The summed E-state index contributed by atoms with van der Waals surface area (Å²) in [6.45, 7) is 0. The number of nitrogen functional groups attached to an aromatic ring is 1. The van der Waals surface area contributed by atoms with Gasteiger partial charge >= 0.3 is 0 Å². The predicted molar refractivity (Wildman–Crippen MR) is 115 cm³/mol. The van der Waals surface area contributed by atoms with Crippen LogP contribution < -0.4 is 15.8 Å². The third-order valence-corrected chi connectivity index (χ3v) is 4.73. The van der Waals surface area contributed by atoms with Gasteiger partial charge in [-0.05, 0) is 42.7 Å². The Morgan fingerprint density at radius 3 is 2.62 bits per heavy atom. The van der Waals surface area contributed by atoms with Crippen molar-refractivity contribution < 1.29 is 4.74 Å². The Morgan fingerprint density at radius 1 is 1.07 bits per heavy atom. The smallest absolute Gasteiger partial charge is 0.226 e. The van der Waals surface area contributed by atoms with Crippen molar-refractivity contribution in [1.29, 1.82) is 0 Å². The van der Waals surface area contributed by atoms with Crippen molar-refractivity contribution in [3.05, 3.63) is 59.6 Å². The average Bonchev–Trinajstić information content (AvgIpc) is 3.18. The summed E-state index contributed by atoms with van der Waals surface area (Å²) in [6.07, 6.45) is 1.87. The van der Waals surface area contributed by atoms with Gasteiger partial charge in [-0.15, -0.1) is 10.2 Å². The Balaban J connectivity index is 1.48. The second kappa shape index (κ2) is 8.38. The molecule has 146 valence electrons. The third-order valence-electron chi connectivity index (χ3n) is 3.85. The van der Waals surface area contributed by atoms with E-state index in [0.29, 0.717) is 39.4 Å². The van der Waals surface area contributed by atoms with Crippen LogP contribution in [0.5, 0.6) is 11.6 Å². The van der Waals surface area contributed by atoms with Crippen molar-refractivity contribution in [2.75, 3.05) is 17.3 Å². The molecular weight excluding hydrogens is 410 g/mol. The monoisotopic (exact) mass is 425 g/mol. The van der Waals surface area contributed by atoms with Gasteiger partial charge in [0.2, 0.25) is 11.8 Å². The number of thioether (sulfide) groups is 1. The Hall–Kier alpha value is -3.30. The zero-order chi connectivity index (χ0) is 20.2. The average molecular weight is 426 g/mol. The fourth-order valence-corrected chi connectivity index (χ4v) is 3.07. The lowest BCUT2D eigenvalue weighted by molar-refractivity contribution is 0.456. The van der Waals surface area contributed by atoms with Crippen LogP contribution in [0.25, 0.3) is 11.4 Å². The normalized spacial score (nSPS) is 10.7. The number of nitrogens with zero attached hydrogens (tertiary/aromatic N) is 4. The van der Waals surface area contributed by atoms with E-state index in [1.54, 1.807) is 12.1 Å². The molecule has 4 rings (SSSR count). The van der Waals surface area contributed by atoms with Gasteiger partial charge in [-0.1, -0.05) is 35.5 Å². The highest BCUT2D eigenvalue weighted by molar-refractivity contribution is 7.98. The number of halogens is 1. The van der Waals surface area contributed by atoms with Crippen LogP contribution in [0.15, 0.2) is 59.8 Å². The molecule has 2 aromatic carbocycles. The van der Waals surface area contributed by atoms with Crippen molar-refractivity contribution in [2.45, 2.75) is 5.16 Å². The number of para-hydroxylation sites is 1. The first-order valence-corrected chi connectivity index (χ1v) is 10.1. The maximum absolute atomic E-state index is 6.15. The summed E-state index contributed by atoms with van der Waals surface area (Å²) in [5.74, 6) is 2.47. The lowest BCUT2D eigenvalue weighted by Gasteiger charge is -2.07. The maximum Gasteiger partial charge on any atom is 0.226 e. The van der Waals surface area contributed by atoms with Crippen molar-refractivity contribution >= 4 is 40.8 Å². The second-order valence-electron chi connectivity index (χ2n) is 5.87. The van der Waals surface area contributed by atoms with E-state index in [1.807, 2.05) is 48.7 Å². The molecule has 2 heterocycles. The molecule has 0 saturated carbocycles. The highest BCUT2D eigenvalue weighted by Crippen LogP contribution is 2.27. The van der Waals surface area contributed by atoms with E-state index in [1.165, 1.54) is 11.8 Å². The first kappa shape index (κ1) is 19.0. The number of nitrogens with two attached hydrogens (primary N) is 1. The van der Waals surface area contributed by atoms with Gasteiger partial charge in [0.1, 0.15) is 11.6 Å². The number of rotatable bonds is 6. The molecule has 0 amide bonds. The Bertz CT molecular complexity index is 1130. The van der Waals surface area contributed by atoms with Gasteiger partial charge in [0.15, 0.2) is 11.0 Å². The molecule has 0 aliphatic carbocycles. The summed E-state index contributed by atoms with van der Waals surface area (Å²) in [4.78, 5) is 11.5. The standard InChI is InChI=1S/C19H16ClN7OS/c1-29-19-23-15(21)10-16(24-19)28-12-8-6-11(7-9-12)17-25-18(27-26-17)22-14-5-3-2-4-13(14)20/h2-10H,1H3,(H2,21,23,24)(H2,22,25,26,27). The van der Waals surface area contributed by atoms with Crippen LogP contribution in [0.4, 0.5) is 17.5 Å². The highest BCUT2D eigenvalue weighted by Gasteiger charge is 2.09. The first-order chi connectivity index (χ1) is 14.1. The number of nitrogens with one attached hydrogen (secondary N) is 2. The zero-order valence-electron chi connectivity index (χ0n) is 15.3. The fourth-order valence-electron chi connectivity index (χ4n) is 2.50. The molecular formula is C19H16ClN7OS. The Labute approximate surface area is 175 Å². The number of benzene rings is 2. The minimum Gasteiger partial charge on any atom is -0.439 e. The van der Waals surface area contributed by atoms with E-state index in [2.05, 4.69) is 30.5 Å². The van der Waals surface area contributed by atoms with Crippen LogP contribution in [0.1, 0.15) is 0 Å². The molecule has 0 aliphatic heterocycles. The summed E-state index contributed by atoms with van der Waals surface area (Å²) >= 11 is 7.55. The summed E-state index contributed by atoms with van der Waals surface area (Å²) < 4.78 is 5.77. The number of aromatic nitrogens is 5. The van der Waals surface area contributed by atoms with Crippen molar-refractivity contribution in [2.24, 2.45) is 0 Å². The van der Waals surface area contributed by atoms with E-state index in [-0.39, 0.29) is 0 Å². The largest absolute Gasteiger partial charge is 0.439 e. The van der Waals surface area contributed by atoms with Crippen LogP contribution in [-0.2, 0) is 0 Å².